The van der Waals surface area contributed by atoms with E-state index in [1.54, 1.807) is 13.0 Å². The van der Waals surface area contributed by atoms with Crippen LogP contribution in [-0.2, 0) is 4.79 Å². The first kappa shape index (κ1) is 14.2. The molecule has 2 aromatic rings. The fourth-order valence-corrected chi connectivity index (χ4v) is 2.52. The molecule has 1 aromatic carbocycles. The summed E-state index contributed by atoms with van der Waals surface area (Å²) in [5, 5.41) is 20.8. The number of nitro groups is 1. The van der Waals surface area contributed by atoms with Gasteiger partial charge in [0.25, 0.3) is 5.69 Å². The van der Waals surface area contributed by atoms with E-state index >= 15 is 0 Å². The Labute approximate surface area is 118 Å². The number of carbonyl (C=O) groups is 1. The van der Waals surface area contributed by atoms with Crippen molar-refractivity contribution in [1.82, 2.24) is 9.97 Å². The summed E-state index contributed by atoms with van der Waals surface area (Å²) in [6.07, 6.45) is 1.36. The van der Waals surface area contributed by atoms with Gasteiger partial charge in [0.05, 0.1) is 16.4 Å². The van der Waals surface area contributed by atoms with Crippen LogP contribution in [0.3, 0.4) is 0 Å². The number of non-ortho nitro benzene ring substituents is 1. The van der Waals surface area contributed by atoms with Gasteiger partial charge >= 0.3 is 5.97 Å². The average Bonchev–Trinajstić information content (AvgIpc) is 2.43. The first-order valence-electron chi connectivity index (χ1n) is 5.74. The summed E-state index contributed by atoms with van der Waals surface area (Å²) in [7, 11) is 0. The van der Waals surface area contributed by atoms with E-state index < -0.39 is 16.8 Å². The minimum Gasteiger partial charge on any atom is -0.481 e. The molecule has 1 aromatic heterocycles. The zero-order valence-corrected chi connectivity index (χ0v) is 11.3. The number of nitro benzene ring substituents is 1. The Morgan fingerprint density at radius 3 is 2.90 bits per heavy atom. The fourth-order valence-electron chi connectivity index (χ4n) is 1.52. The first-order valence-corrected chi connectivity index (χ1v) is 6.72. The van der Waals surface area contributed by atoms with Crippen LogP contribution in [0.15, 0.2) is 29.6 Å². The number of rotatable bonds is 5. The highest BCUT2D eigenvalue weighted by atomic mass is 32.2. The van der Waals surface area contributed by atoms with Gasteiger partial charge < -0.3 is 5.11 Å². The molecule has 104 valence electrons. The predicted octanol–water partition coefficient (Wildman–Crippen LogP) is 2.35. The van der Waals surface area contributed by atoms with Crippen molar-refractivity contribution in [2.45, 2.75) is 11.9 Å². The summed E-state index contributed by atoms with van der Waals surface area (Å²) >= 11 is 1.25. The van der Waals surface area contributed by atoms with Gasteiger partial charge in [0.2, 0.25) is 0 Å². The summed E-state index contributed by atoms with van der Waals surface area (Å²) in [5.74, 6) is -1.07. The topological polar surface area (TPSA) is 106 Å². The van der Waals surface area contributed by atoms with Crippen molar-refractivity contribution in [2.75, 3.05) is 5.75 Å². The number of hydrogen-bond acceptors (Lipinski definition) is 6. The number of carboxylic acids is 1. The second kappa shape index (κ2) is 5.83. The first-order chi connectivity index (χ1) is 9.49. The molecular weight excluding hydrogens is 282 g/mol. The molecule has 0 amide bonds. The van der Waals surface area contributed by atoms with Crippen molar-refractivity contribution in [3.05, 3.63) is 34.6 Å². The normalized spacial score (nSPS) is 12.2. The molecule has 0 aliphatic rings. The Kier molecular flexibility index (Phi) is 4.14. The van der Waals surface area contributed by atoms with Crippen molar-refractivity contribution >= 4 is 34.3 Å². The van der Waals surface area contributed by atoms with Crippen LogP contribution in [0.25, 0.3) is 10.9 Å². The number of nitrogens with zero attached hydrogens (tertiary/aromatic N) is 3. The van der Waals surface area contributed by atoms with E-state index in [9.17, 15) is 14.9 Å². The van der Waals surface area contributed by atoms with Crippen molar-refractivity contribution in [3.63, 3.8) is 0 Å². The molecule has 0 saturated carbocycles. The predicted molar refractivity (Wildman–Crippen MR) is 73.7 cm³/mol. The van der Waals surface area contributed by atoms with Crippen molar-refractivity contribution in [3.8, 4) is 0 Å². The van der Waals surface area contributed by atoms with Gasteiger partial charge in [0.15, 0.2) is 0 Å². The lowest BCUT2D eigenvalue weighted by Crippen LogP contribution is -2.11. The van der Waals surface area contributed by atoms with E-state index in [1.165, 1.54) is 30.2 Å². The van der Waals surface area contributed by atoms with Crippen LogP contribution in [0.5, 0.6) is 0 Å². The van der Waals surface area contributed by atoms with Crippen LogP contribution in [0.1, 0.15) is 6.92 Å². The van der Waals surface area contributed by atoms with Crippen molar-refractivity contribution in [2.24, 2.45) is 5.92 Å². The lowest BCUT2D eigenvalue weighted by atomic mass is 10.2. The van der Waals surface area contributed by atoms with Crippen LogP contribution in [0.2, 0.25) is 0 Å². The lowest BCUT2D eigenvalue weighted by molar-refractivity contribution is -0.384. The molecule has 0 spiro atoms. The summed E-state index contributed by atoms with van der Waals surface area (Å²) in [6, 6.07) is 4.34. The van der Waals surface area contributed by atoms with E-state index in [0.717, 1.165) is 0 Å². The Morgan fingerprint density at radius 2 is 2.25 bits per heavy atom. The second-order valence-electron chi connectivity index (χ2n) is 4.19. The standard InChI is InChI=1S/C12H11N3O4S/c1-7(12(16)17)5-20-11-9-4-8(15(18)19)2-3-10(9)13-6-14-11/h2-4,6-7H,5H2,1H3,(H,16,17). The van der Waals surface area contributed by atoms with Gasteiger partial charge in [-0.05, 0) is 6.07 Å². The highest BCUT2D eigenvalue weighted by molar-refractivity contribution is 7.99. The SMILES string of the molecule is CC(CSc1ncnc2ccc([N+](=O)[O-])cc12)C(=O)O. The van der Waals surface area contributed by atoms with Crippen LogP contribution in [0, 0.1) is 16.0 Å². The Balaban J connectivity index is 2.34. The van der Waals surface area contributed by atoms with Gasteiger partial charge in [0.1, 0.15) is 11.4 Å². The van der Waals surface area contributed by atoms with Crippen LogP contribution < -0.4 is 0 Å². The molecule has 20 heavy (non-hydrogen) atoms. The molecule has 1 N–H and O–H groups in total. The largest absolute Gasteiger partial charge is 0.481 e. The molecule has 0 aliphatic carbocycles. The van der Waals surface area contributed by atoms with Crippen molar-refractivity contribution < 1.29 is 14.8 Å². The van der Waals surface area contributed by atoms with Gasteiger partial charge in [-0.15, -0.1) is 11.8 Å². The Bertz CT molecular complexity index is 677. The molecule has 7 nitrogen and oxygen atoms in total. The number of benzene rings is 1. The third-order valence-electron chi connectivity index (χ3n) is 2.68. The van der Waals surface area contributed by atoms with Crippen molar-refractivity contribution in [1.29, 1.82) is 0 Å². The monoisotopic (exact) mass is 293 g/mol. The molecule has 1 heterocycles. The van der Waals surface area contributed by atoms with Gasteiger partial charge in [-0.3, -0.25) is 14.9 Å². The highest BCUT2D eigenvalue weighted by Crippen LogP contribution is 2.28. The highest BCUT2D eigenvalue weighted by Gasteiger charge is 2.15. The molecule has 1 unspecified atom stereocenters. The fraction of sp³-hybridized carbons (Fsp3) is 0.250. The molecule has 1 atom stereocenters. The maximum absolute atomic E-state index is 10.8. The maximum Gasteiger partial charge on any atom is 0.307 e. The number of hydrogen-bond donors (Lipinski definition) is 1. The van der Waals surface area contributed by atoms with Crippen LogP contribution in [-0.4, -0.2) is 31.7 Å². The van der Waals surface area contributed by atoms with Gasteiger partial charge in [-0.2, -0.15) is 0 Å². The van der Waals surface area contributed by atoms with Gasteiger partial charge in [-0.25, -0.2) is 9.97 Å². The molecule has 0 bridgehead atoms. The third kappa shape index (κ3) is 3.02. The molecule has 0 radical (unpaired) electrons. The summed E-state index contributed by atoms with van der Waals surface area (Å²) in [5.41, 5.74) is 0.552. The van der Waals surface area contributed by atoms with E-state index in [2.05, 4.69) is 9.97 Å². The zero-order chi connectivity index (χ0) is 14.7. The van der Waals surface area contributed by atoms with E-state index in [4.69, 9.17) is 5.11 Å². The second-order valence-corrected chi connectivity index (χ2v) is 5.20. The Hall–Kier alpha value is -2.22. The number of carboxylic acid groups (broad SMARTS) is 1. The van der Waals surface area contributed by atoms with Gasteiger partial charge in [-0.1, -0.05) is 6.92 Å². The third-order valence-corrected chi connectivity index (χ3v) is 3.95. The average molecular weight is 293 g/mol. The molecule has 2 rings (SSSR count). The van der Waals surface area contributed by atoms with Gasteiger partial charge in [0, 0.05) is 23.3 Å². The van der Waals surface area contributed by atoms with E-state index in [-0.39, 0.29) is 5.69 Å². The molecule has 8 heteroatoms. The summed E-state index contributed by atoms with van der Waals surface area (Å²) < 4.78 is 0. The zero-order valence-electron chi connectivity index (χ0n) is 10.5. The Morgan fingerprint density at radius 1 is 1.50 bits per heavy atom. The lowest BCUT2D eigenvalue weighted by Gasteiger charge is -2.07. The summed E-state index contributed by atoms with van der Waals surface area (Å²) in [6.45, 7) is 1.60. The number of thioether (sulfide) groups is 1. The minimum atomic E-state index is -0.887. The quantitative estimate of drug-likeness (QED) is 0.390. The molecule has 0 aliphatic heterocycles. The van der Waals surface area contributed by atoms with E-state index in [0.29, 0.717) is 21.7 Å². The smallest absolute Gasteiger partial charge is 0.307 e. The van der Waals surface area contributed by atoms with Crippen LogP contribution >= 0.6 is 11.8 Å². The summed E-state index contributed by atoms with van der Waals surface area (Å²) in [4.78, 5) is 29.2. The van der Waals surface area contributed by atoms with Crippen LogP contribution in [0.4, 0.5) is 5.69 Å². The van der Waals surface area contributed by atoms with E-state index in [1.807, 2.05) is 0 Å². The number of fused-ring (bicyclic) bond motifs is 1. The molecular formula is C12H11N3O4S. The molecule has 0 saturated heterocycles. The number of aliphatic carboxylic acids is 1. The maximum atomic E-state index is 10.8. The molecule has 0 fully saturated rings. The minimum absolute atomic E-state index is 0.0413. The number of aromatic nitrogens is 2.